The first kappa shape index (κ1) is 13.7. The summed E-state index contributed by atoms with van der Waals surface area (Å²) < 4.78 is 0. The number of benzene rings is 1. The zero-order valence-electron chi connectivity index (χ0n) is 10.4. The van der Waals surface area contributed by atoms with Crippen LogP contribution in [-0.4, -0.2) is 4.92 Å². The topological polar surface area (TPSA) is 93.0 Å². The molecule has 1 rings (SSSR count). The van der Waals surface area contributed by atoms with Crippen molar-refractivity contribution in [2.24, 2.45) is 5.73 Å². The van der Waals surface area contributed by atoms with E-state index in [0.717, 1.165) is 6.42 Å². The van der Waals surface area contributed by atoms with Gasteiger partial charge in [0.15, 0.2) is 0 Å². The zero-order valence-corrected chi connectivity index (χ0v) is 10.4. The second kappa shape index (κ2) is 5.82. The maximum absolute atomic E-state index is 10.7. The summed E-state index contributed by atoms with van der Waals surface area (Å²) in [7, 11) is 0. The summed E-state index contributed by atoms with van der Waals surface area (Å²) in [6.45, 7) is 3.62. The van der Waals surface area contributed by atoms with Gasteiger partial charge in [0, 0.05) is 11.6 Å². The van der Waals surface area contributed by atoms with Crippen LogP contribution in [-0.2, 0) is 0 Å². The molecule has 0 aliphatic rings. The molecule has 18 heavy (non-hydrogen) atoms. The normalized spacial score (nSPS) is 11.6. The van der Waals surface area contributed by atoms with Crippen molar-refractivity contribution in [2.45, 2.75) is 26.7 Å². The van der Waals surface area contributed by atoms with Gasteiger partial charge in [-0.25, -0.2) is 0 Å². The lowest BCUT2D eigenvalue weighted by Crippen LogP contribution is -2.02. The standard InChI is InChI=1S/C13H15N3O2/c1-3-4-11(8-14)13(15)10-5-6-12(16(17)18)9(2)7-10/h5-7H,3-4,15H2,1-2H3/b13-11-. The number of nitriles is 1. The van der Waals surface area contributed by atoms with Crippen LogP contribution in [0.1, 0.15) is 30.9 Å². The van der Waals surface area contributed by atoms with Crippen LogP contribution in [0.4, 0.5) is 5.69 Å². The number of nitrogens with zero attached hydrogens (tertiary/aromatic N) is 2. The number of aryl methyl sites for hydroxylation is 1. The monoisotopic (exact) mass is 245 g/mol. The van der Waals surface area contributed by atoms with E-state index in [1.54, 1.807) is 19.1 Å². The zero-order chi connectivity index (χ0) is 13.7. The van der Waals surface area contributed by atoms with Crippen molar-refractivity contribution in [3.05, 3.63) is 45.0 Å². The van der Waals surface area contributed by atoms with Crippen LogP contribution >= 0.6 is 0 Å². The number of allylic oxidation sites excluding steroid dienone is 1. The molecule has 0 heterocycles. The SMILES string of the molecule is CCC/C(C#N)=C(/N)c1ccc([N+](=O)[O-])c(C)c1. The number of hydrogen-bond acceptors (Lipinski definition) is 4. The molecule has 0 aromatic heterocycles. The molecule has 5 nitrogen and oxygen atoms in total. The molecule has 0 amide bonds. The minimum Gasteiger partial charge on any atom is -0.397 e. The van der Waals surface area contributed by atoms with Crippen LogP contribution in [0.15, 0.2) is 23.8 Å². The molecular weight excluding hydrogens is 230 g/mol. The Labute approximate surface area is 106 Å². The highest BCUT2D eigenvalue weighted by molar-refractivity contribution is 5.70. The van der Waals surface area contributed by atoms with Gasteiger partial charge in [-0.05, 0) is 31.0 Å². The highest BCUT2D eigenvalue weighted by Crippen LogP contribution is 2.23. The Balaban J connectivity index is 3.23. The maximum atomic E-state index is 10.7. The Kier molecular flexibility index (Phi) is 4.44. The van der Waals surface area contributed by atoms with E-state index in [-0.39, 0.29) is 5.69 Å². The largest absolute Gasteiger partial charge is 0.397 e. The summed E-state index contributed by atoms with van der Waals surface area (Å²) in [6, 6.07) is 6.71. The van der Waals surface area contributed by atoms with Gasteiger partial charge >= 0.3 is 0 Å². The average molecular weight is 245 g/mol. The molecule has 0 saturated heterocycles. The van der Waals surface area contributed by atoms with E-state index < -0.39 is 4.92 Å². The summed E-state index contributed by atoms with van der Waals surface area (Å²) in [5, 5.41) is 19.7. The summed E-state index contributed by atoms with van der Waals surface area (Å²) in [4.78, 5) is 10.3. The maximum Gasteiger partial charge on any atom is 0.272 e. The van der Waals surface area contributed by atoms with Crippen molar-refractivity contribution in [3.8, 4) is 6.07 Å². The van der Waals surface area contributed by atoms with Gasteiger partial charge in [0.1, 0.15) is 0 Å². The molecule has 94 valence electrons. The number of rotatable bonds is 4. The van der Waals surface area contributed by atoms with E-state index >= 15 is 0 Å². The van der Waals surface area contributed by atoms with Crippen LogP contribution < -0.4 is 5.73 Å². The fourth-order valence-corrected chi connectivity index (χ4v) is 1.70. The van der Waals surface area contributed by atoms with E-state index in [9.17, 15) is 10.1 Å². The van der Waals surface area contributed by atoms with Crippen LogP contribution in [0.5, 0.6) is 0 Å². The van der Waals surface area contributed by atoms with Gasteiger partial charge in [-0.2, -0.15) is 5.26 Å². The molecule has 0 aliphatic carbocycles. The second-order valence-electron chi connectivity index (χ2n) is 4.01. The molecule has 0 spiro atoms. The van der Waals surface area contributed by atoms with Crippen LogP contribution in [0, 0.1) is 28.4 Å². The Morgan fingerprint density at radius 3 is 2.67 bits per heavy atom. The molecule has 1 aromatic carbocycles. The molecule has 0 unspecified atom stereocenters. The van der Waals surface area contributed by atoms with Gasteiger partial charge < -0.3 is 5.73 Å². The van der Waals surface area contributed by atoms with Gasteiger partial charge in [-0.15, -0.1) is 0 Å². The number of nitro groups is 1. The van der Waals surface area contributed by atoms with Crippen molar-refractivity contribution in [1.29, 1.82) is 5.26 Å². The van der Waals surface area contributed by atoms with E-state index in [4.69, 9.17) is 11.0 Å². The molecule has 0 saturated carbocycles. The minimum atomic E-state index is -0.434. The Morgan fingerprint density at radius 1 is 1.56 bits per heavy atom. The smallest absolute Gasteiger partial charge is 0.272 e. The van der Waals surface area contributed by atoms with Crippen LogP contribution in [0.3, 0.4) is 0 Å². The predicted octanol–water partition coefficient (Wildman–Crippen LogP) is 2.90. The van der Waals surface area contributed by atoms with Crippen molar-refractivity contribution < 1.29 is 4.92 Å². The van der Waals surface area contributed by atoms with Gasteiger partial charge in [0.05, 0.1) is 22.3 Å². The van der Waals surface area contributed by atoms with Crippen molar-refractivity contribution in [2.75, 3.05) is 0 Å². The molecular formula is C13H15N3O2. The summed E-state index contributed by atoms with van der Waals surface area (Å²) >= 11 is 0. The van der Waals surface area contributed by atoms with Crippen molar-refractivity contribution >= 4 is 11.4 Å². The molecule has 0 fully saturated rings. The minimum absolute atomic E-state index is 0.0561. The molecule has 0 atom stereocenters. The first-order valence-electron chi connectivity index (χ1n) is 5.65. The molecule has 1 aromatic rings. The van der Waals surface area contributed by atoms with Gasteiger partial charge in [0.25, 0.3) is 5.69 Å². The van der Waals surface area contributed by atoms with Crippen LogP contribution in [0.25, 0.3) is 5.70 Å². The Morgan fingerprint density at radius 2 is 2.22 bits per heavy atom. The molecule has 2 N–H and O–H groups in total. The third-order valence-corrected chi connectivity index (χ3v) is 2.66. The highest BCUT2D eigenvalue weighted by Gasteiger charge is 2.12. The van der Waals surface area contributed by atoms with E-state index in [1.807, 2.05) is 6.92 Å². The lowest BCUT2D eigenvalue weighted by atomic mass is 10.0. The number of nitro benzene ring substituents is 1. The van der Waals surface area contributed by atoms with Gasteiger partial charge in [-0.1, -0.05) is 13.3 Å². The second-order valence-corrected chi connectivity index (χ2v) is 4.01. The summed E-state index contributed by atoms with van der Waals surface area (Å²) in [6.07, 6.45) is 1.44. The fraction of sp³-hybridized carbons (Fsp3) is 0.308. The number of nitrogens with two attached hydrogens (primary N) is 1. The lowest BCUT2D eigenvalue weighted by molar-refractivity contribution is -0.385. The third-order valence-electron chi connectivity index (χ3n) is 2.66. The molecule has 0 bridgehead atoms. The number of hydrogen-bond donors (Lipinski definition) is 1. The molecule has 0 aliphatic heterocycles. The van der Waals surface area contributed by atoms with Crippen LogP contribution in [0.2, 0.25) is 0 Å². The summed E-state index contributed by atoms with van der Waals surface area (Å²) in [5.41, 5.74) is 8.09. The van der Waals surface area contributed by atoms with Crippen molar-refractivity contribution in [1.82, 2.24) is 0 Å². The van der Waals surface area contributed by atoms with E-state index in [1.165, 1.54) is 6.07 Å². The Bertz CT molecular complexity index is 542. The van der Waals surface area contributed by atoms with Gasteiger partial charge in [-0.3, -0.25) is 10.1 Å². The first-order chi connectivity index (χ1) is 8.51. The molecule has 5 heteroatoms. The van der Waals surface area contributed by atoms with E-state index in [2.05, 4.69) is 6.07 Å². The van der Waals surface area contributed by atoms with E-state index in [0.29, 0.717) is 28.8 Å². The van der Waals surface area contributed by atoms with Gasteiger partial charge in [0.2, 0.25) is 0 Å². The highest BCUT2D eigenvalue weighted by atomic mass is 16.6. The average Bonchev–Trinajstić information content (AvgIpc) is 2.34. The molecule has 0 radical (unpaired) electrons. The van der Waals surface area contributed by atoms with Crippen molar-refractivity contribution in [3.63, 3.8) is 0 Å². The predicted molar refractivity (Wildman–Crippen MR) is 69.5 cm³/mol. The lowest BCUT2D eigenvalue weighted by Gasteiger charge is -2.06. The Hall–Kier alpha value is -2.35. The third kappa shape index (κ3) is 2.86. The first-order valence-corrected chi connectivity index (χ1v) is 5.65. The fourth-order valence-electron chi connectivity index (χ4n) is 1.70. The quantitative estimate of drug-likeness (QED) is 0.501. The summed E-state index contributed by atoms with van der Waals surface area (Å²) in [5.74, 6) is 0.